The number of terminal acetylenes is 1. The van der Waals surface area contributed by atoms with E-state index in [2.05, 4.69) is 6.11 Å². The van der Waals surface area contributed by atoms with Crippen molar-refractivity contribution in [2.45, 2.75) is 32.3 Å². The van der Waals surface area contributed by atoms with Gasteiger partial charge in [-0.2, -0.15) is 0 Å². The van der Waals surface area contributed by atoms with Crippen molar-refractivity contribution in [2.75, 3.05) is 6.54 Å². The van der Waals surface area contributed by atoms with Crippen molar-refractivity contribution >= 4 is 0 Å². The van der Waals surface area contributed by atoms with Crippen LogP contribution in [-0.2, 0) is 4.74 Å². The Morgan fingerprint density at radius 3 is 2.10 bits per heavy atom. The van der Waals surface area contributed by atoms with Gasteiger partial charge in [-0.3, -0.25) is 0 Å². The quantitative estimate of drug-likeness (QED) is 0.595. The van der Waals surface area contributed by atoms with Crippen molar-refractivity contribution in [3.8, 4) is 12.5 Å². The van der Waals surface area contributed by atoms with E-state index in [4.69, 9.17) is 16.9 Å². The summed E-state index contributed by atoms with van der Waals surface area (Å²) in [7, 11) is 0. The van der Waals surface area contributed by atoms with Gasteiger partial charge in [0.15, 0.2) is 0 Å². The molecule has 0 aromatic carbocycles. The maximum absolute atomic E-state index is 5.49. The lowest BCUT2D eigenvalue weighted by Gasteiger charge is -2.26. The second kappa shape index (κ2) is 4.19. The third-order valence-corrected chi connectivity index (χ3v) is 1.94. The Labute approximate surface area is 62.7 Å². The standard InChI is InChI=1S/C8H15NO/c1-4-8(5-2,7-9)10-6-3/h3H,4-5,7,9H2,1-2H3. The van der Waals surface area contributed by atoms with Crippen LogP contribution in [0.4, 0.5) is 0 Å². The molecule has 0 bridgehead atoms. The van der Waals surface area contributed by atoms with E-state index in [1.165, 1.54) is 0 Å². The monoisotopic (exact) mass is 141 g/mol. The molecule has 0 heterocycles. The molecule has 0 unspecified atom stereocenters. The second-order valence-electron chi connectivity index (χ2n) is 2.31. The molecule has 0 saturated carbocycles. The molecule has 0 aliphatic heterocycles. The fourth-order valence-electron chi connectivity index (χ4n) is 0.850. The van der Waals surface area contributed by atoms with Crippen LogP contribution in [0.25, 0.3) is 0 Å². The number of ether oxygens (including phenoxy) is 1. The third kappa shape index (κ3) is 1.93. The van der Waals surface area contributed by atoms with Crippen molar-refractivity contribution in [3.05, 3.63) is 0 Å². The van der Waals surface area contributed by atoms with Crippen LogP contribution in [0, 0.1) is 12.5 Å². The van der Waals surface area contributed by atoms with Gasteiger partial charge < -0.3 is 10.5 Å². The zero-order valence-electron chi connectivity index (χ0n) is 6.68. The van der Waals surface area contributed by atoms with Crippen molar-refractivity contribution < 1.29 is 4.74 Å². The molecule has 0 aliphatic rings. The Kier molecular flexibility index (Phi) is 3.90. The van der Waals surface area contributed by atoms with E-state index in [0.29, 0.717) is 6.54 Å². The summed E-state index contributed by atoms with van der Waals surface area (Å²) in [5, 5.41) is 0. The molecular weight excluding hydrogens is 126 g/mol. The predicted octanol–water partition coefficient (Wildman–Crippen LogP) is 1.11. The minimum absolute atomic E-state index is 0.283. The molecule has 0 aromatic heterocycles. The third-order valence-electron chi connectivity index (χ3n) is 1.94. The largest absolute Gasteiger partial charge is 0.439 e. The van der Waals surface area contributed by atoms with Gasteiger partial charge >= 0.3 is 0 Å². The van der Waals surface area contributed by atoms with Crippen molar-refractivity contribution in [3.63, 3.8) is 0 Å². The van der Waals surface area contributed by atoms with Gasteiger partial charge in [-0.1, -0.05) is 20.3 Å². The molecule has 58 valence electrons. The zero-order chi connectivity index (χ0) is 8.04. The van der Waals surface area contributed by atoms with Gasteiger partial charge in [0.25, 0.3) is 0 Å². The summed E-state index contributed by atoms with van der Waals surface area (Å²) < 4.78 is 5.08. The van der Waals surface area contributed by atoms with Crippen LogP contribution in [0.1, 0.15) is 26.7 Å². The molecule has 0 fully saturated rings. The highest BCUT2D eigenvalue weighted by molar-refractivity contribution is 4.85. The average Bonchev–Trinajstić information content (AvgIpc) is 2.01. The molecule has 2 heteroatoms. The first-order valence-electron chi connectivity index (χ1n) is 3.58. The molecule has 0 rings (SSSR count). The summed E-state index contributed by atoms with van der Waals surface area (Å²) in [6.07, 6.45) is 8.93. The maximum atomic E-state index is 5.49. The molecule has 0 atom stereocenters. The molecule has 0 radical (unpaired) electrons. The van der Waals surface area contributed by atoms with Crippen LogP contribution in [0.15, 0.2) is 0 Å². The zero-order valence-corrected chi connectivity index (χ0v) is 6.68. The molecular formula is C8H15NO. The first-order chi connectivity index (χ1) is 4.74. The Bertz CT molecular complexity index is 113. The first kappa shape index (κ1) is 9.32. The number of hydrogen-bond acceptors (Lipinski definition) is 2. The molecule has 2 nitrogen and oxygen atoms in total. The highest BCUT2D eigenvalue weighted by Crippen LogP contribution is 2.17. The first-order valence-corrected chi connectivity index (χ1v) is 3.58. The highest BCUT2D eigenvalue weighted by atomic mass is 16.5. The van der Waals surface area contributed by atoms with Crippen molar-refractivity contribution in [1.82, 2.24) is 0 Å². The van der Waals surface area contributed by atoms with Gasteiger partial charge in [0.1, 0.15) is 11.7 Å². The van der Waals surface area contributed by atoms with Gasteiger partial charge in [0.05, 0.1) is 0 Å². The van der Waals surface area contributed by atoms with Gasteiger partial charge in [0.2, 0.25) is 0 Å². The number of rotatable bonds is 4. The smallest absolute Gasteiger partial charge is 0.132 e. The van der Waals surface area contributed by atoms with Gasteiger partial charge in [-0.15, -0.1) is 0 Å². The van der Waals surface area contributed by atoms with Crippen LogP contribution in [0.2, 0.25) is 0 Å². The van der Waals surface area contributed by atoms with Crippen LogP contribution >= 0.6 is 0 Å². The predicted molar refractivity (Wildman–Crippen MR) is 42.3 cm³/mol. The summed E-state index contributed by atoms with van der Waals surface area (Å²) in [5.41, 5.74) is 5.21. The summed E-state index contributed by atoms with van der Waals surface area (Å²) in [6.45, 7) is 4.53. The lowest BCUT2D eigenvalue weighted by atomic mass is 9.98. The minimum atomic E-state index is -0.283. The van der Waals surface area contributed by atoms with Crippen molar-refractivity contribution in [2.24, 2.45) is 5.73 Å². The van der Waals surface area contributed by atoms with Crippen LogP contribution in [0.5, 0.6) is 0 Å². The summed E-state index contributed by atoms with van der Waals surface area (Å²) in [5.74, 6) is 0. The molecule has 0 spiro atoms. The van der Waals surface area contributed by atoms with E-state index in [0.717, 1.165) is 12.8 Å². The Hall–Kier alpha value is -0.680. The lowest BCUT2D eigenvalue weighted by Crippen LogP contribution is -2.38. The Morgan fingerprint density at radius 2 is 2.00 bits per heavy atom. The van der Waals surface area contributed by atoms with E-state index in [-0.39, 0.29) is 5.60 Å². The summed E-state index contributed by atoms with van der Waals surface area (Å²) >= 11 is 0. The van der Waals surface area contributed by atoms with Gasteiger partial charge in [0, 0.05) is 6.54 Å². The maximum Gasteiger partial charge on any atom is 0.132 e. The highest BCUT2D eigenvalue weighted by Gasteiger charge is 2.24. The fraction of sp³-hybridized carbons (Fsp3) is 0.750. The molecule has 0 aliphatic carbocycles. The van der Waals surface area contributed by atoms with Crippen LogP contribution < -0.4 is 5.73 Å². The molecule has 0 saturated heterocycles. The summed E-state index contributed by atoms with van der Waals surface area (Å²) in [4.78, 5) is 0. The normalized spacial score (nSPS) is 10.6. The number of hydrogen-bond donors (Lipinski definition) is 1. The minimum Gasteiger partial charge on any atom is -0.439 e. The number of nitrogens with two attached hydrogens (primary N) is 1. The Morgan fingerprint density at radius 1 is 1.50 bits per heavy atom. The lowest BCUT2D eigenvalue weighted by molar-refractivity contribution is 0.0392. The summed E-state index contributed by atoms with van der Waals surface area (Å²) in [6, 6.07) is 0. The van der Waals surface area contributed by atoms with E-state index < -0.39 is 0 Å². The second-order valence-corrected chi connectivity index (χ2v) is 2.31. The molecule has 10 heavy (non-hydrogen) atoms. The van der Waals surface area contributed by atoms with E-state index >= 15 is 0 Å². The van der Waals surface area contributed by atoms with E-state index in [1.54, 1.807) is 0 Å². The van der Waals surface area contributed by atoms with Crippen LogP contribution in [-0.4, -0.2) is 12.1 Å². The van der Waals surface area contributed by atoms with Gasteiger partial charge in [-0.05, 0) is 12.8 Å². The van der Waals surface area contributed by atoms with Crippen molar-refractivity contribution in [1.29, 1.82) is 0 Å². The molecule has 2 N–H and O–H groups in total. The van der Waals surface area contributed by atoms with Gasteiger partial charge in [-0.25, -0.2) is 0 Å². The molecule has 0 amide bonds. The topological polar surface area (TPSA) is 35.2 Å². The SMILES string of the molecule is C#COC(CC)(CC)CN. The van der Waals surface area contributed by atoms with Crippen LogP contribution in [0.3, 0.4) is 0 Å². The van der Waals surface area contributed by atoms with E-state index in [1.807, 2.05) is 13.8 Å². The average molecular weight is 141 g/mol. The Balaban J connectivity index is 4.04. The van der Waals surface area contributed by atoms with E-state index in [9.17, 15) is 0 Å². The molecule has 0 aromatic rings. The fourth-order valence-corrected chi connectivity index (χ4v) is 0.850.